The highest BCUT2D eigenvalue weighted by Gasteiger charge is 2.23. The summed E-state index contributed by atoms with van der Waals surface area (Å²) in [6, 6.07) is 0. The molecule has 1 amide bonds. The van der Waals surface area contributed by atoms with Crippen LogP contribution < -0.4 is 0 Å². The molecule has 0 aliphatic carbocycles. The number of rotatable bonds is 5. The maximum absolute atomic E-state index is 12.7. The van der Waals surface area contributed by atoms with Crippen LogP contribution in [0, 0.1) is 13.8 Å². The molecule has 0 atom stereocenters. The van der Waals surface area contributed by atoms with Gasteiger partial charge in [0, 0.05) is 31.0 Å². The minimum Gasteiger partial charge on any atom is -0.355 e. The van der Waals surface area contributed by atoms with Gasteiger partial charge in [-0.15, -0.1) is 11.3 Å². The lowest BCUT2D eigenvalue weighted by Crippen LogP contribution is -2.27. The summed E-state index contributed by atoms with van der Waals surface area (Å²) >= 11 is 1.62. The van der Waals surface area contributed by atoms with Crippen LogP contribution in [0.5, 0.6) is 0 Å². The van der Waals surface area contributed by atoms with E-state index in [1.165, 1.54) is 6.92 Å². The molecule has 0 bridgehead atoms. The molecule has 2 rings (SSSR count). The number of nitrogens with zero attached hydrogens (tertiary/aromatic N) is 2. The van der Waals surface area contributed by atoms with Crippen LogP contribution in [0.2, 0.25) is 0 Å². The van der Waals surface area contributed by atoms with E-state index in [-0.39, 0.29) is 11.7 Å². The number of ketones is 1. The zero-order chi connectivity index (χ0) is 17.3. The number of hydrogen-bond donors (Lipinski definition) is 1. The Morgan fingerprint density at radius 2 is 2.00 bits per heavy atom. The molecule has 0 saturated heterocycles. The Labute approximate surface area is 140 Å². The van der Waals surface area contributed by atoms with Crippen LogP contribution in [0.15, 0.2) is 5.38 Å². The quantitative estimate of drug-likeness (QED) is 0.849. The number of nitrogens with one attached hydrogen (secondary N) is 1. The first-order chi connectivity index (χ1) is 10.7. The van der Waals surface area contributed by atoms with E-state index in [1.807, 2.05) is 12.3 Å². The smallest absolute Gasteiger partial charge is 0.256 e. The number of carbonyl (C=O) groups is 2. The molecule has 0 spiro atoms. The fourth-order valence-corrected chi connectivity index (χ4v) is 3.42. The molecular weight excluding hydrogens is 310 g/mol. The van der Waals surface area contributed by atoms with Crippen LogP contribution in [0.25, 0.3) is 0 Å². The molecule has 6 heteroatoms. The van der Waals surface area contributed by atoms with Gasteiger partial charge in [-0.3, -0.25) is 9.59 Å². The molecule has 1 N–H and O–H groups in total. The second-order valence-electron chi connectivity index (χ2n) is 6.17. The molecule has 0 fully saturated rings. The number of thiazole rings is 1. The standard InChI is InChI=1S/C17H23N3O2S/c1-9(2)16-19-13(8-23-16)7-20(6)17(22)14-10(3)15(12(5)21)18-11(14)4/h8-9,18H,7H2,1-6H3. The van der Waals surface area contributed by atoms with Crippen LogP contribution in [0.3, 0.4) is 0 Å². The summed E-state index contributed by atoms with van der Waals surface area (Å²) < 4.78 is 0. The number of aryl methyl sites for hydroxylation is 1. The molecule has 0 saturated carbocycles. The Morgan fingerprint density at radius 1 is 1.35 bits per heavy atom. The predicted molar refractivity (Wildman–Crippen MR) is 92.3 cm³/mol. The molecule has 124 valence electrons. The van der Waals surface area contributed by atoms with Gasteiger partial charge in [0.25, 0.3) is 5.91 Å². The summed E-state index contributed by atoms with van der Waals surface area (Å²) in [5.74, 6) is 0.235. The zero-order valence-electron chi connectivity index (χ0n) is 14.5. The topological polar surface area (TPSA) is 66.1 Å². The maximum Gasteiger partial charge on any atom is 0.256 e. The molecule has 2 heterocycles. The highest BCUT2D eigenvalue weighted by atomic mass is 32.1. The van der Waals surface area contributed by atoms with Gasteiger partial charge < -0.3 is 9.88 Å². The van der Waals surface area contributed by atoms with Crippen molar-refractivity contribution in [1.29, 1.82) is 0 Å². The number of aromatic amines is 1. The van der Waals surface area contributed by atoms with Crippen molar-refractivity contribution in [2.75, 3.05) is 7.05 Å². The average molecular weight is 333 g/mol. The van der Waals surface area contributed by atoms with Gasteiger partial charge in [0.2, 0.25) is 0 Å². The summed E-state index contributed by atoms with van der Waals surface area (Å²) in [6.45, 7) is 9.79. The Bertz CT molecular complexity index is 743. The van der Waals surface area contributed by atoms with E-state index in [0.29, 0.717) is 29.3 Å². The fourth-order valence-electron chi connectivity index (χ4n) is 2.59. The van der Waals surface area contributed by atoms with Gasteiger partial charge in [0.05, 0.1) is 28.5 Å². The maximum atomic E-state index is 12.7. The lowest BCUT2D eigenvalue weighted by molar-refractivity contribution is 0.0782. The first kappa shape index (κ1) is 17.4. The van der Waals surface area contributed by atoms with E-state index in [1.54, 1.807) is 30.2 Å². The van der Waals surface area contributed by atoms with Crippen LogP contribution in [0.1, 0.15) is 69.5 Å². The SMILES string of the molecule is CC(=O)c1[nH]c(C)c(C(=O)N(C)Cc2csc(C(C)C)n2)c1C. The van der Waals surface area contributed by atoms with Gasteiger partial charge in [0.15, 0.2) is 5.78 Å². The van der Waals surface area contributed by atoms with Crippen molar-refractivity contribution in [3.63, 3.8) is 0 Å². The molecule has 23 heavy (non-hydrogen) atoms. The summed E-state index contributed by atoms with van der Waals surface area (Å²) in [5, 5.41) is 3.07. The van der Waals surface area contributed by atoms with Gasteiger partial charge in [-0.05, 0) is 19.4 Å². The van der Waals surface area contributed by atoms with E-state index < -0.39 is 0 Å². The van der Waals surface area contributed by atoms with E-state index >= 15 is 0 Å². The van der Waals surface area contributed by atoms with Crippen molar-refractivity contribution >= 4 is 23.0 Å². The van der Waals surface area contributed by atoms with Gasteiger partial charge in [-0.25, -0.2) is 4.98 Å². The molecule has 2 aromatic rings. The number of amides is 1. The van der Waals surface area contributed by atoms with Crippen LogP contribution in [-0.2, 0) is 6.54 Å². The van der Waals surface area contributed by atoms with Crippen molar-refractivity contribution < 1.29 is 9.59 Å². The van der Waals surface area contributed by atoms with Gasteiger partial charge in [0.1, 0.15) is 0 Å². The Kier molecular flexibility index (Phi) is 5.04. The van der Waals surface area contributed by atoms with Crippen LogP contribution in [0.4, 0.5) is 0 Å². The van der Waals surface area contributed by atoms with Crippen LogP contribution >= 0.6 is 11.3 Å². The summed E-state index contributed by atoms with van der Waals surface area (Å²) in [4.78, 5) is 33.6. The Morgan fingerprint density at radius 3 is 2.48 bits per heavy atom. The Balaban J connectivity index is 2.21. The van der Waals surface area contributed by atoms with Crippen molar-refractivity contribution in [2.45, 2.75) is 47.1 Å². The van der Waals surface area contributed by atoms with E-state index in [0.717, 1.165) is 16.4 Å². The molecule has 0 aliphatic heterocycles. The van der Waals surface area contributed by atoms with Crippen LogP contribution in [-0.4, -0.2) is 33.6 Å². The summed E-state index contributed by atoms with van der Waals surface area (Å²) in [6.07, 6.45) is 0. The van der Waals surface area contributed by atoms with Crippen molar-refractivity contribution in [1.82, 2.24) is 14.9 Å². The highest BCUT2D eigenvalue weighted by molar-refractivity contribution is 7.09. The molecule has 0 unspecified atom stereocenters. The molecule has 0 radical (unpaired) electrons. The normalized spacial score (nSPS) is 11.1. The van der Waals surface area contributed by atoms with Crippen molar-refractivity contribution in [2.24, 2.45) is 0 Å². The minimum absolute atomic E-state index is 0.0617. The number of hydrogen-bond acceptors (Lipinski definition) is 4. The highest BCUT2D eigenvalue weighted by Crippen LogP contribution is 2.22. The molecule has 0 aliphatic rings. The number of Topliss-reactive ketones (excluding diaryl/α,β-unsaturated/α-hetero) is 1. The fraction of sp³-hybridized carbons (Fsp3) is 0.471. The molecule has 0 aromatic carbocycles. The molecule has 2 aromatic heterocycles. The summed E-state index contributed by atoms with van der Waals surface area (Å²) in [5.41, 5.74) is 3.43. The number of aromatic nitrogens is 2. The third kappa shape index (κ3) is 3.52. The second-order valence-corrected chi connectivity index (χ2v) is 7.06. The third-order valence-electron chi connectivity index (χ3n) is 3.81. The number of carbonyl (C=O) groups excluding carboxylic acids is 2. The minimum atomic E-state index is -0.0946. The van der Waals surface area contributed by atoms with Crippen molar-refractivity contribution in [3.8, 4) is 0 Å². The molecular formula is C17H23N3O2S. The monoisotopic (exact) mass is 333 g/mol. The van der Waals surface area contributed by atoms with Gasteiger partial charge in [-0.2, -0.15) is 0 Å². The zero-order valence-corrected chi connectivity index (χ0v) is 15.3. The third-order valence-corrected chi connectivity index (χ3v) is 5.01. The lowest BCUT2D eigenvalue weighted by atomic mass is 10.1. The first-order valence-electron chi connectivity index (χ1n) is 7.62. The number of H-pyrrole nitrogens is 1. The largest absolute Gasteiger partial charge is 0.355 e. The van der Waals surface area contributed by atoms with Crippen molar-refractivity contribution in [3.05, 3.63) is 38.6 Å². The average Bonchev–Trinajstić information content (AvgIpc) is 3.03. The Hall–Kier alpha value is -1.95. The summed E-state index contributed by atoms with van der Waals surface area (Å²) in [7, 11) is 1.76. The predicted octanol–water partition coefficient (Wildman–Crippen LogP) is 3.69. The second kappa shape index (κ2) is 6.66. The lowest BCUT2D eigenvalue weighted by Gasteiger charge is -2.16. The molecule has 5 nitrogen and oxygen atoms in total. The van der Waals surface area contributed by atoms with E-state index in [2.05, 4.69) is 23.8 Å². The van der Waals surface area contributed by atoms with Gasteiger partial charge >= 0.3 is 0 Å². The first-order valence-corrected chi connectivity index (χ1v) is 8.50. The van der Waals surface area contributed by atoms with E-state index in [4.69, 9.17) is 0 Å². The van der Waals surface area contributed by atoms with E-state index in [9.17, 15) is 9.59 Å². The van der Waals surface area contributed by atoms with Gasteiger partial charge in [-0.1, -0.05) is 13.8 Å².